The topological polar surface area (TPSA) is 9.23 Å². The normalized spacial score (nSPS) is 28.8. The summed E-state index contributed by atoms with van der Waals surface area (Å²) in [6.45, 7) is 7.79. The second kappa shape index (κ2) is 6.53. The van der Waals surface area contributed by atoms with Crippen LogP contribution in [0.25, 0.3) is 0 Å². The zero-order valence-electron chi connectivity index (χ0n) is 11.5. The summed E-state index contributed by atoms with van der Waals surface area (Å²) >= 11 is 5.27. The molecule has 1 nitrogen and oxygen atoms in total. The van der Waals surface area contributed by atoms with Crippen molar-refractivity contribution < 1.29 is 4.74 Å². The third-order valence-electron chi connectivity index (χ3n) is 4.02. The van der Waals surface area contributed by atoms with Crippen LogP contribution in [0.15, 0.2) is 15.9 Å². The number of ether oxygens (including phenoxy) is 1. The predicted octanol–water partition coefficient (Wildman–Crippen LogP) is 5.49. The smallest absolute Gasteiger partial charge is 0.0813 e. The van der Waals surface area contributed by atoms with Crippen molar-refractivity contribution in [2.75, 3.05) is 0 Å². The SMILES string of the molecule is CC1CCC(C(C)C)C(OCc2cc(Br)cs2)C1. The lowest BCUT2D eigenvalue weighted by Crippen LogP contribution is -2.34. The monoisotopic (exact) mass is 330 g/mol. The van der Waals surface area contributed by atoms with Crippen LogP contribution in [-0.4, -0.2) is 6.10 Å². The standard InChI is InChI=1S/C15H23BrOS/c1-10(2)14-5-4-11(3)6-15(14)17-8-13-7-12(16)9-18-13/h7,9-11,14-15H,4-6,8H2,1-3H3. The number of halogens is 1. The number of thiophene rings is 1. The number of hydrogen-bond acceptors (Lipinski definition) is 2. The molecular weight excluding hydrogens is 308 g/mol. The Hall–Kier alpha value is 0.140. The van der Waals surface area contributed by atoms with Crippen molar-refractivity contribution in [2.45, 2.75) is 52.7 Å². The predicted molar refractivity (Wildman–Crippen MR) is 81.9 cm³/mol. The molecule has 1 aliphatic carbocycles. The summed E-state index contributed by atoms with van der Waals surface area (Å²) in [5.41, 5.74) is 0. The minimum atomic E-state index is 0.453. The summed E-state index contributed by atoms with van der Waals surface area (Å²) in [7, 11) is 0. The van der Waals surface area contributed by atoms with Crippen LogP contribution in [-0.2, 0) is 11.3 Å². The molecule has 0 N–H and O–H groups in total. The molecular formula is C15H23BrOS. The van der Waals surface area contributed by atoms with Crippen molar-refractivity contribution in [3.8, 4) is 0 Å². The summed E-state index contributed by atoms with van der Waals surface area (Å²) < 4.78 is 7.39. The Morgan fingerprint density at radius 1 is 1.44 bits per heavy atom. The van der Waals surface area contributed by atoms with E-state index >= 15 is 0 Å². The van der Waals surface area contributed by atoms with Gasteiger partial charge in [-0.1, -0.05) is 27.2 Å². The molecule has 0 aromatic carbocycles. The average Bonchev–Trinajstić information content (AvgIpc) is 2.72. The van der Waals surface area contributed by atoms with Crippen LogP contribution in [0.3, 0.4) is 0 Å². The van der Waals surface area contributed by atoms with Gasteiger partial charge in [0.25, 0.3) is 0 Å². The summed E-state index contributed by atoms with van der Waals surface area (Å²) in [6, 6.07) is 2.17. The van der Waals surface area contributed by atoms with Crippen molar-refractivity contribution >= 4 is 27.3 Å². The van der Waals surface area contributed by atoms with Crippen molar-refractivity contribution in [1.82, 2.24) is 0 Å². The average molecular weight is 331 g/mol. The lowest BCUT2D eigenvalue weighted by atomic mass is 9.75. The van der Waals surface area contributed by atoms with Crippen LogP contribution >= 0.6 is 27.3 Å². The van der Waals surface area contributed by atoms with Gasteiger partial charge in [-0.2, -0.15) is 0 Å². The first kappa shape index (κ1) is 14.5. The van der Waals surface area contributed by atoms with E-state index in [9.17, 15) is 0 Å². The van der Waals surface area contributed by atoms with E-state index in [0.717, 1.165) is 24.4 Å². The fraction of sp³-hybridized carbons (Fsp3) is 0.733. The van der Waals surface area contributed by atoms with E-state index in [0.29, 0.717) is 6.10 Å². The zero-order valence-corrected chi connectivity index (χ0v) is 13.9. The Morgan fingerprint density at radius 2 is 2.22 bits per heavy atom. The molecule has 1 aromatic heterocycles. The van der Waals surface area contributed by atoms with Gasteiger partial charge < -0.3 is 4.74 Å². The quantitative estimate of drug-likeness (QED) is 0.709. The molecule has 3 atom stereocenters. The molecule has 2 rings (SSSR count). The molecule has 1 aromatic rings. The minimum absolute atomic E-state index is 0.453. The Balaban J connectivity index is 1.92. The van der Waals surface area contributed by atoms with E-state index in [1.807, 2.05) is 0 Å². The van der Waals surface area contributed by atoms with Gasteiger partial charge in [-0.05, 0) is 52.6 Å². The van der Waals surface area contributed by atoms with Gasteiger partial charge in [-0.15, -0.1) is 11.3 Å². The molecule has 3 heteroatoms. The molecule has 18 heavy (non-hydrogen) atoms. The number of hydrogen-bond donors (Lipinski definition) is 0. The summed E-state index contributed by atoms with van der Waals surface area (Å²) in [4.78, 5) is 1.32. The molecule has 0 radical (unpaired) electrons. The van der Waals surface area contributed by atoms with E-state index < -0.39 is 0 Å². The van der Waals surface area contributed by atoms with Crippen molar-refractivity contribution in [3.05, 3.63) is 20.8 Å². The molecule has 0 amide bonds. The van der Waals surface area contributed by atoms with E-state index in [1.165, 1.54) is 28.6 Å². The Morgan fingerprint density at radius 3 is 2.83 bits per heavy atom. The van der Waals surface area contributed by atoms with Crippen LogP contribution in [0.1, 0.15) is 44.9 Å². The summed E-state index contributed by atoms with van der Waals surface area (Å²) in [5, 5.41) is 2.13. The largest absolute Gasteiger partial charge is 0.372 e. The van der Waals surface area contributed by atoms with Gasteiger partial charge in [0.2, 0.25) is 0 Å². The van der Waals surface area contributed by atoms with E-state index in [1.54, 1.807) is 11.3 Å². The lowest BCUT2D eigenvalue weighted by Gasteiger charge is -2.37. The number of rotatable bonds is 4. The van der Waals surface area contributed by atoms with Crippen LogP contribution in [0.4, 0.5) is 0 Å². The first-order chi connectivity index (χ1) is 8.56. The molecule has 1 saturated carbocycles. The summed E-state index contributed by atoms with van der Waals surface area (Å²) in [6.07, 6.45) is 4.38. The molecule has 0 aliphatic heterocycles. The van der Waals surface area contributed by atoms with Gasteiger partial charge in [0.15, 0.2) is 0 Å². The maximum Gasteiger partial charge on any atom is 0.0813 e. The van der Waals surface area contributed by atoms with Gasteiger partial charge in [-0.3, -0.25) is 0 Å². The molecule has 1 heterocycles. The Labute approximate surface area is 123 Å². The molecule has 1 aliphatic rings. The highest BCUT2D eigenvalue weighted by atomic mass is 79.9. The third-order valence-corrected chi connectivity index (χ3v) is 5.69. The molecule has 102 valence electrons. The summed E-state index contributed by atoms with van der Waals surface area (Å²) in [5.74, 6) is 2.29. The minimum Gasteiger partial charge on any atom is -0.372 e. The molecule has 3 unspecified atom stereocenters. The first-order valence-electron chi connectivity index (χ1n) is 6.90. The van der Waals surface area contributed by atoms with E-state index in [2.05, 4.69) is 48.1 Å². The van der Waals surface area contributed by atoms with Crippen LogP contribution in [0, 0.1) is 17.8 Å². The van der Waals surface area contributed by atoms with Gasteiger partial charge in [-0.25, -0.2) is 0 Å². The highest BCUT2D eigenvalue weighted by molar-refractivity contribution is 9.10. The van der Waals surface area contributed by atoms with E-state index in [-0.39, 0.29) is 0 Å². The fourth-order valence-corrected chi connectivity index (χ4v) is 4.30. The van der Waals surface area contributed by atoms with Crippen LogP contribution < -0.4 is 0 Å². The van der Waals surface area contributed by atoms with Gasteiger partial charge >= 0.3 is 0 Å². The van der Waals surface area contributed by atoms with Gasteiger partial charge in [0, 0.05) is 14.7 Å². The zero-order chi connectivity index (χ0) is 13.1. The van der Waals surface area contributed by atoms with Crippen LogP contribution in [0.2, 0.25) is 0 Å². The Kier molecular flexibility index (Phi) is 5.28. The highest BCUT2D eigenvalue weighted by Gasteiger charge is 2.31. The lowest BCUT2D eigenvalue weighted by molar-refractivity contribution is -0.0463. The molecule has 0 spiro atoms. The molecule has 1 fully saturated rings. The maximum atomic E-state index is 6.22. The van der Waals surface area contributed by atoms with Gasteiger partial charge in [0.05, 0.1) is 12.7 Å². The second-order valence-corrected chi connectivity index (χ2v) is 7.82. The third kappa shape index (κ3) is 3.82. The fourth-order valence-electron chi connectivity index (χ4n) is 2.93. The van der Waals surface area contributed by atoms with Crippen molar-refractivity contribution in [3.63, 3.8) is 0 Å². The van der Waals surface area contributed by atoms with E-state index in [4.69, 9.17) is 4.74 Å². The maximum absolute atomic E-state index is 6.22. The van der Waals surface area contributed by atoms with Crippen LogP contribution in [0.5, 0.6) is 0 Å². The first-order valence-corrected chi connectivity index (χ1v) is 8.58. The van der Waals surface area contributed by atoms with Gasteiger partial charge in [0.1, 0.15) is 0 Å². The van der Waals surface area contributed by atoms with Crippen molar-refractivity contribution in [2.24, 2.45) is 17.8 Å². The highest BCUT2D eigenvalue weighted by Crippen LogP contribution is 2.36. The molecule has 0 bridgehead atoms. The van der Waals surface area contributed by atoms with Crippen molar-refractivity contribution in [1.29, 1.82) is 0 Å². The second-order valence-electron chi connectivity index (χ2n) is 5.91. The molecule has 0 saturated heterocycles. The Bertz CT molecular complexity index is 374.